The Morgan fingerprint density at radius 1 is 1.26 bits per heavy atom. The van der Waals surface area contributed by atoms with E-state index < -0.39 is 17.7 Å². The zero-order valence-corrected chi connectivity index (χ0v) is 15.9. The number of amides is 1. The Hall–Kier alpha value is -1.51. The number of nitrogens with one attached hydrogen (secondary N) is 1. The van der Waals surface area contributed by atoms with Crippen molar-refractivity contribution in [2.24, 2.45) is 0 Å². The van der Waals surface area contributed by atoms with Crippen LogP contribution in [0.25, 0.3) is 0 Å². The van der Waals surface area contributed by atoms with E-state index in [1.165, 1.54) is 7.11 Å². The lowest BCUT2D eigenvalue weighted by atomic mass is 10.2. The molecule has 0 heterocycles. The highest BCUT2D eigenvalue weighted by molar-refractivity contribution is 14.1. The van der Waals surface area contributed by atoms with Crippen LogP contribution in [0.5, 0.6) is 5.75 Å². The van der Waals surface area contributed by atoms with E-state index >= 15 is 0 Å². The maximum absolute atomic E-state index is 11.5. The van der Waals surface area contributed by atoms with Crippen LogP contribution in [0.15, 0.2) is 18.2 Å². The first-order valence-corrected chi connectivity index (χ1v) is 8.28. The van der Waals surface area contributed by atoms with Gasteiger partial charge in [0.05, 0.1) is 22.9 Å². The van der Waals surface area contributed by atoms with E-state index in [1.54, 1.807) is 18.2 Å². The van der Waals surface area contributed by atoms with Crippen LogP contribution in [0.1, 0.15) is 37.6 Å². The minimum Gasteiger partial charge on any atom is -0.492 e. The summed E-state index contributed by atoms with van der Waals surface area (Å²) in [6, 6.07) is 5.13. The van der Waals surface area contributed by atoms with Crippen LogP contribution >= 0.6 is 22.6 Å². The Morgan fingerprint density at radius 2 is 1.96 bits per heavy atom. The molecule has 0 aliphatic carbocycles. The molecular formula is C16H22INO5. The number of hydrogen-bond donors (Lipinski definition) is 1. The molecule has 0 spiro atoms. The van der Waals surface area contributed by atoms with Crippen molar-refractivity contribution in [1.29, 1.82) is 0 Å². The van der Waals surface area contributed by atoms with Gasteiger partial charge in [-0.1, -0.05) is 0 Å². The van der Waals surface area contributed by atoms with Crippen LogP contribution in [0.4, 0.5) is 4.79 Å². The number of rotatable bonds is 6. The fourth-order valence-electron chi connectivity index (χ4n) is 1.62. The normalized spacial score (nSPS) is 10.8. The van der Waals surface area contributed by atoms with E-state index in [0.29, 0.717) is 30.9 Å². The van der Waals surface area contributed by atoms with Crippen LogP contribution in [-0.2, 0) is 9.47 Å². The molecule has 0 bridgehead atoms. The second-order valence-electron chi connectivity index (χ2n) is 5.77. The lowest BCUT2D eigenvalue weighted by Crippen LogP contribution is -2.33. The predicted octanol–water partition coefficient (Wildman–Crippen LogP) is 3.37. The van der Waals surface area contributed by atoms with E-state index in [4.69, 9.17) is 9.47 Å². The molecule has 0 aromatic heterocycles. The van der Waals surface area contributed by atoms with Crippen LogP contribution in [0.3, 0.4) is 0 Å². The molecule has 1 aromatic carbocycles. The summed E-state index contributed by atoms with van der Waals surface area (Å²) in [5, 5.41) is 2.66. The standard InChI is InChI=1S/C16H22INO5/c1-16(2,3)23-15(20)18-8-5-9-22-13-10-11(14(19)21-4)6-7-12(13)17/h6-7,10H,5,8-9H2,1-4H3,(H,18,20). The first-order chi connectivity index (χ1) is 10.7. The first-order valence-electron chi connectivity index (χ1n) is 7.20. The SMILES string of the molecule is COC(=O)c1ccc(I)c(OCCCNC(=O)OC(C)(C)C)c1. The molecule has 0 unspecified atom stereocenters. The average Bonchev–Trinajstić information content (AvgIpc) is 2.46. The fraction of sp³-hybridized carbons (Fsp3) is 0.500. The smallest absolute Gasteiger partial charge is 0.407 e. The summed E-state index contributed by atoms with van der Waals surface area (Å²) >= 11 is 2.13. The molecule has 1 aromatic rings. The van der Waals surface area contributed by atoms with Gasteiger partial charge in [-0.2, -0.15) is 0 Å². The summed E-state index contributed by atoms with van der Waals surface area (Å²) in [5.41, 5.74) is -0.0693. The van der Waals surface area contributed by atoms with Gasteiger partial charge in [-0.25, -0.2) is 9.59 Å². The molecule has 0 aliphatic heterocycles. The Morgan fingerprint density at radius 3 is 2.57 bits per heavy atom. The zero-order valence-electron chi connectivity index (χ0n) is 13.8. The molecular weight excluding hydrogens is 413 g/mol. The van der Waals surface area contributed by atoms with E-state index in [-0.39, 0.29) is 0 Å². The summed E-state index contributed by atoms with van der Waals surface area (Å²) in [5.74, 6) is 0.212. The van der Waals surface area contributed by atoms with E-state index in [0.717, 1.165) is 3.57 Å². The number of alkyl carbamates (subject to hydrolysis) is 1. The molecule has 0 saturated heterocycles. The molecule has 0 radical (unpaired) electrons. The first kappa shape index (κ1) is 19.5. The summed E-state index contributed by atoms with van der Waals surface area (Å²) in [6.45, 7) is 6.29. The third-order valence-corrected chi connectivity index (χ3v) is 3.49. The van der Waals surface area contributed by atoms with Crippen LogP contribution in [-0.4, -0.2) is 37.9 Å². The van der Waals surface area contributed by atoms with Gasteiger partial charge in [0.2, 0.25) is 0 Å². The third-order valence-electron chi connectivity index (χ3n) is 2.60. The minimum absolute atomic E-state index is 0.405. The van der Waals surface area contributed by atoms with Crippen molar-refractivity contribution in [2.75, 3.05) is 20.3 Å². The van der Waals surface area contributed by atoms with Crippen LogP contribution in [0, 0.1) is 3.57 Å². The van der Waals surface area contributed by atoms with Gasteiger partial charge < -0.3 is 19.5 Å². The van der Waals surface area contributed by atoms with Gasteiger partial charge in [0.15, 0.2) is 0 Å². The van der Waals surface area contributed by atoms with Gasteiger partial charge in [-0.15, -0.1) is 0 Å². The summed E-state index contributed by atoms with van der Waals surface area (Å²) in [6.07, 6.45) is 0.178. The van der Waals surface area contributed by atoms with Crippen molar-refractivity contribution in [3.05, 3.63) is 27.3 Å². The van der Waals surface area contributed by atoms with Gasteiger partial charge in [0.1, 0.15) is 11.4 Å². The second-order valence-corrected chi connectivity index (χ2v) is 6.93. The van der Waals surface area contributed by atoms with Gasteiger partial charge >= 0.3 is 12.1 Å². The molecule has 128 valence electrons. The van der Waals surface area contributed by atoms with Gasteiger partial charge in [0.25, 0.3) is 0 Å². The molecule has 0 aliphatic rings. The molecule has 7 heteroatoms. The topological polar surface area (TPSA) is 73.9 Å². The van der Waals surface area contributed by atoms with E-state index in [2.05, 4.69) is 32.6 Å². The van der Waals surface area contributed by atoms with Gasteiger partial charge in [-0.05, 0) is 68.0 Å². The minimum atomic E-state index is -0.509. The number of methoxy groups -OCH3 is 1. The maximum atomic E-state index is 11.5. The molecule has 6 nitrogen and oxygen atoms in total. The Labute approximate surface area is 150 Å². The van der Waals surface area contributed by atoms with Crippen molar-refractivity contribution >= 4 is 34.7 Å². The van der Waals surface area contributed by atoms with Crippen molar-refractivity contribution < 1.29 is 23.8 Å². The number of ether oxygens (including phenoxy) is 3. The summed E-state index contributed by atoms with van der Waals surface area (Å²) in [7, 11) is 1.34. The van der Waals surface area contributed by atoms with Gasteiger partial charge in [-0.3, -0.25) is 0 Å². The molecule has 0 fully saturated rings. The number of hydrogen-bond acceptors (Lipinski definition) is 5. The third kappa shape index (κ3) is 7.54. The van der Waals surface area contributed by atoms with Crippen molar-refractivity contribution in [1.82, 2.24) is 5.32 Å². The van der Waals surface area contributed by atoms with Crippen molar-refractivity contribution in [3.63, 3.8) is 0 Å². The fourth-order valence-corrected chi connectivity index (χ4v) is 2.11. The van der Waals surface area contributed by atoms with Crippen molar-refractivity contribution in [2.45, 2.75) is 32.8 Å². The molecule has 0 saturated carbocycles. The summed E-state index contributed by atoms with van der Waals surface area (Å²) in [4.78, 5) is 23.0. The van der Waals surface area contributed by atoms with E-state index in [1.807, 2.05) is 20.8 Å². The zero-order chi connectivity index (χ0) is 17.5. The quantitative estimate of drug-likeness (QED) is 0.422. The monoisotopic (exact) mass is 435 g/mol. The summed E-state index contributed by atoms with van der Waals surface area (Å²) < 4.78 is 16.4. The second kappa shape index (κ2) is 8.95. The lowest BCUT2D eigenvalue weighted by Gasteiger charge is -2.19. The molecule has 0 atom stereocenters. The highest BCUT2D eigenvalue weighted by atomic mass is 127. The van der Waals surface area contributed by atoms with Crippen LogP contribution in [0.2, 0.25) is 0 Å². The van der Waals surface area contributed by atoms with Crippen LogP contribution < -0.4 is 10.1 Å². The van der Waals surface area contributed by atoms with Gasteiger partial charge in [0, 0.05) is 6.54 Å². The lowest BCUT2D eigenvalue weighted by molar-refractivity contribution is 0.0524. The Bertz CT molecular complexity index is 554. The number of carbonyl (C=O) groups excluding carboxylic acids is 2. The number of halogens is 1. The predicted molar refractivity (Wildman–Crippen MR) is 94.8 cm³/mol. The maximum Gasteiger partial charge on any atom is 0.407 e. The molecule has 23 heavy (non-hydrogen) atoms. The number of carbonyl (C=O) groups is 2. The average molecular weight is 435 g/mol. The number of esters is 1. The Kier molecular flexibility index (Phi) is 7.60. The number of benzene rings is 1. The molecule has 1 N–H and O–H groups in total. The molecule has 1 rings (SSSR count). The van der Waals surface area contributed by atoms with Crippen molar-refractivity contribution in [3.8, 4) is 5.75 Å². The Balaban J connectivity index is 2.39. The highest BCUT2D eigenvalue weighted by Crippen LogP contribution is 2.22. The molecule has 1 amide bonds. The highest BCUT2D eigenvalue weighted by Gasteiger charge is 2.15. The largest absolute Gasteiger partial charge is 0.492 e. The van der Waals surface area contributed by atoms with E-state index in [9.17, 15) is 9.59 Å².